The molecule has 0 atom stereocenters. The minimum Gasteiger partial charge on any atom is -0.494 e. The van der Waals surface area contributed by atoms with E-state index in [1.165, 1.54) is 0 Å². The van der Waals surface area contributed by atoms with Gasteiger partial charge in [-0.2, -0.15) is 5.10 Å². The van der Waals surface area contributed by atoms with Gasteiger partial charge in [-0.15, -0.1) is 0 Å². The first-order valence-corrected chi connectivity index (χ1v) is 7.68. The van der Waals surface area contributed by atoms with Crippen LogP contribution in [0.1, 0.15) is 22.8 Å². The van der Waals surface area contributed by atoms with Crippen LogP contribution in [0.4, 0.5) is 0 Å². The van der Waals surface area contributed by atoms with Gasteiger partial charge in [-0.25, -0.2) is 5.43 Å². The number of benzene rings is 2. The minimum atomic E-state index is -0.275. The van der Waals surface area contributed by atoms with Crippen LogP contribution in [-0.4, -0.2) is 23.7 Å². The third-order valence-electron chi connectivity index (χ3n) is 3.46. The number of fused-ring (bicyclic) bond motifs is 1. The van der Waals surface area contributed by atoms with Gasteiger partial charge in [0, 0.05) is 22.7 Å². The Morgan fingerprint density at radius 2 is 1.96 bits per heavy atom. The van der Waals surface area contributed by atoms with Crippen molar-refractivity contribution in [3.8, 4) is 5.75 Å². The van der Waals surface area contributed by atoms with Gasteiger partial charge < -0.3 is 4.74 Å². The molecule has 1 N–H and O–H groups in total. The van der Waals surface area contributed by atoms with Gasteiger partial charge in [0.15, 0.2) is 0 Å². The molecule has 5 heteroatoms. The summed E-state index contributed by atoms with van der Waals surface area (Å²) in [5.74, 6) is 0.460. The molecule has 0 aliphatic rings. The van der Waals surface area contributed by atoms with Crippen LogP contribution in [0.2, 0.25) is 0 Å². The molecule has 0 fully saturated rings. The molecule has 0 aliphatic carbocycles. The van der Waals surface area contributed by atoms with E-state index in [2.05, 4.69) is 15.5 Å². The van der Waals surface area contributed by atoms with Crippen molar-refractivity contribution < 1.29 is 9.53 Å². The first kappa shape index (κ1) is 15.7. The van der Waals surface area contributed by atoms with E-state index in [1.54, 1.807) is 36.7 Å². The summed E-state index contributed by atoms with van der Waals surface area (Å²) in [5.41, 5.74) is 4.74. The van der Waals surface area contributed by atoms with Crippen LogP contribution in [0.15, 0.2) is 65.9 Å². The first-order chi connectivity index (χ1) is 11.8. The van der Waals surface area contributed by atoms with Crippen LogP contribution in [0.5, 0.6) is 5.75 Å². The number of nitrogens with zero attached hydrogens (tertiary/aromatic N) is 2. The molecule has 0 aliphatic heterocycles. The number of amides is 1. The smallest absolute Gasteiger partial charge is 0.271 e. The molecule has 0 spiro atoms. The standard InChI is InChI=1S/C19H17N3O2/c1-2-24-17-10-8-15(9-11-17)19(23)22-21-13-16-6-3-5-14-7-4-12-20-18(14)16/h3-13H,2H2,1H3,(H,22,23)/b21-13-. The average molecular weight is 319 g/mol. The van der Waals surface area contributed by atoms with Crippen molar-refractivity contribution in [2.75, 3.05) is 6.61 Å². The van der Waals surface area contributed by atoms with Crippen molar-refractivity contribution >= 4 is 23.0 Å². The molecule has 24 heavy (non-hydrogen) atoms. The van der Waals surface area contributed by atoms with Gasteiger partial charge >= 0.3 is 0 Å². The first-order valence-electron chi connectivity index (χ1n) is 7.68. The zero-order valence-corrected chi connectivity index (χ0v) is 13.3. The molecule has 120 valence electrons. The average Bonchev–Trinajstić information content (AvgIpc) is 2.63. The van der Waals surface area contributed by atoms with Gasteiger partial charge in [0.25, 0.3) is 5.91 Å². The predicted molar refractivity (Wildman–Crippen MR) is 94.4 cm³/mol. The number of hydrogen-bond donors (Lipinski definition) is 1. The van der Waals surface area contributed by atoms with E-state index < -0.39 is 0 Å². The monoisotopic (exact) mass is 319 g/mol. The van der Waals surface area contributed by atoms with Crippen LogP contribution >= 0.6 is 0 Å². The van der Waals surface area contributed by atoms with Gasteiger partial charge in [0.05, 0.1) is 18.3 Å². The highest BCUT2D eigenvalue weighted by Gasteiger charge is 2.04. The van der Waals surface area contributed by atoms with Crippen LogP contribution in [0.3, 0.4) is 0 Å². The highest BCUT2D eigenvalue weighted by atomic mass is 16.5. The number of para-hydroxylation sites is 1. The Labute approximate surface area is 140 Å². The van der Waals surface area contributed by atoms with Gasteiger partial charge in [0.2, 0.25) is 0 Å². The zero-order chi connectivity index (χ0) is 16.8. The van der Waals surface area contributed by atoms with E-state index >= 15 is 0 Å². The highest BCUT2D eigenvalue weighted by Crippen LogP contribution is 2.14. The van der Waals surface area contributed by atoms with E-state index in [0.717, 1.165) is 22.2 Å². The number of pyridine rings is 1. The second kappa shape index (κ2) is 7.37. The topological polar surface area (TPSA) is 63.6 Å². The summed E-state index contributed by atoms with van der Waals surface area (Å²) in [5, 5.41) is 5.06. The van der Waals surface area contributed by atoms with Gasteiger partial charge in [0.1, 0.15) is 5.75 Å². The molecule has 0 saturated carbocycles. The maximum Gasteiger partial charge on any atom is 0.271 e. The third kappa shape index (κ3) is 3.57. The molecule has 0 radical (unpaired) electrons. The second-order valence-electron chi connectivity index (χ2n) is 5.08. The number of aromatic nitrogens is 1. The fraction of sp³-hybridized carbons (Fsp3) is 0.105. The quantitative estimate of drug-likeness (QED) is 0.579. The summed E-state index contributed by atoms with van der Waals surface area (Å²) < 4.78 is 5.35. The number of rotatable bonds is 5. The van der Waals surface area contributed by atoms with Gasteiger partial charge in [-0.3, -0.25) is 9.78 Å². The molecule has 0 saturated heterocycles. The molecule has 5 nitrogen and oxygen atoms in total. The Bertz CT molecular complexity index is 868. The molecular formula is C19H17N3O2. The lowest BCUT2D eigenvalue weighted by Crippen LogP contribution is -2.17. The molecule has 1 amide bonds. The largest absolute Gasteiger partial charge is 0.494 e. The molecule has 1 aromatic heterocycles. The zero-order valence-electron chi connectivity index (χ0n) is 13.3. The lowest BCUT2D eigenvalue weighted by atomic mass is 10.1. The molecule has 1 heterocycles. The summed E-state index contributed by atoms with van der Waals surface area (Å²) >= 11 is 0. The van der Waals surface area contributed by atoms with Crippen molar-refractivity contribution in [2.45, 2.75) is 6.92 Å². The summed E-state index contributed by atoms with van der Waals surface area (Å²) in [6, 6.07) is 16.6. The van der Waals surface area contributed by atoms with Crippen molar-refractivity contribution in [1.29, 1.82) is 0 Å². The number of ether oxygens (including phenoxy) is 1. The molecule has 0 unspecified atom stereocenters. The van der Waals surface area contributed by atoms with E-state index in [1.807, 2.05) is 37.3 Å². The fourth-order valence-corrected chi connectivity index (χ4v) is 2.33. The number of nitrogens with one attached hydrogen (secondary N) is 1. The number of hydrazone groups is 1. The van der Waals surface area contributed by atoms with Crippen LogP contribution in [0, 0.1) is 0 Å². The third-order valence-corrected chi connectivity index (χ3v) is 3.46. The van der Waals surface area contributed by atoms with Crippen LogP contribution in [-0.2, 0) is 0 Å². The van der Waals surface area contributed by atoms with Crippen molar-refractivity contribution in [3.63, 3.8) is 0 Å². The van der Waals surface area contributed by atoms with Gasteiger partial charge in [-0.05, 0) is 37.3 Å². The molecule has 3 rings (SSSR count). The number of carbonyl (C=O) groups excluding carboxylic acids is 1. The van der Waals surface area contributed by atoms with E-state index in [4.69, 9.17) is 4.74 Å². The lowest BCUT2D eigenvalue weighted by molar-refractivity contribution is 0.0955. The van der Waals surface area contributed by atoms with E-state index in [-0.39, 0.29) is 5.91 Å². The number of hydrogen-bond acceptors (Lipinski definition) is 4. The summed E-state index contributed by atoms with van der Waals surface area (Å²) in [7, 11) is 0. The van der Waals surface area contributed by atoms with Crippen molar-refractivity contribution in [3.05, 3.63) is 71.9 Å². The molecule has 0 bridgehead atoms. The fourth-order valence-electron chi connectivity index (χ4n) is 2.33. The SMILES string of the molecule is CCOc1ccc(C(=O)N/N=C\c2cccc3cccnc23)cc1. The van der Waals surface area contributed by atoms with Gasteiger partial charge in [-0.1, -0.05) is 24.3 Å². The van der Waals surface area contributed by atoms with Crippen LogP contribution < -0.4 is 10.2 Å². The Balaban J connectivity index is 1.70. The van der Waals surface area contributed by atoms with Crippen molar-refractivity contribution in [1.82, 2.24) is 10.4 Å². The summed E-state index contributed by atoms with van der Waals surface area (Å²) in [6.45, 7) is 2.51. The lowest BCUT2D eigenvalue weighted by Gasteiger charge is -2.04. The van der Waals surface area contributed by atoms with E-state index in [0.29, 0.717) is 12.2 Å². The Morgan fingerprint density at radius 3 is 2.75 bits per heavy atom. The van der Waals surface area contributed by atoms with Crippen LogP contribution in [0.25, 0.3) is 10.9 Å². The minimum absolute atomic E-state index is 0.275. The predicted octanol–water partition coefficient (Wildman–Crippen LogP) is 3.40. The molecule has 3 aromatic rings. The normalized spacial score (nSPS) is 10.9. The Hall–Kier alpha value is -3.21. The van der Waals surface area contributed by atoms with Crippen molar-refractivity contribution in [2.24, 2.45) is 5.10 Å². The Kier molecular flexibility index (Phi) is 4.81. The van der Waals surface area contributed by atoms with E-state index in [9.17, 15) is 4.79 Å². The number of carbonyl (C=O) groups is 1. The highest BCUT2D eigenvalue weighted by molar-refractivity contribution is 5.99. The maximum absolute atomic E-state index is 12.1. The molecule has 2 aromatic carbocycles. The maximum atomic E-state index is 12.1. The summed E-state index contributed by atoms with van der Waals surface area (Å²) in [6.07, 6.45) is 3.33. The summed E-state index contributed by atoms with van der Waals surface area (Å²) in [4.78, 5) is 16.4. The second-order valence-corrected chi connectivity index (χ2v) is 5.08. The Morgan fingerprint density at radius 1 is 1.17 bits per heavy atom. The molecular weight excluding hydrogens is 302 g/mol.